The van der Waals surface area contributed by atoms with Crippen LogP contribution in [0.1, 0.15) is 25.3 Å². The van der Waals surface area contributed by atoms with Crippen LogP contribution < -0.4 is 10.6 Å². The molecule has 3 atom stereocenters. The Morgan fingerprint density at radius 1 is 1.15 bits per heavy atom. The zero-order valence-corrected chi connectivity index (χ0v) is 22.1. The Labute approximate surface area is 226 Å². The largest absolute Gasteiger partial charge is 0.463 e. The summed E-state index contributed by atoms with van der Waals surface area (Å²) in [6.45, 7) is 3.54. The maximum atomic E-state index is 14.8. The minimum atomic E-state index is -1.41. The van der Waals surface area contributed by atoms with Crippen LogP contribution in [-0.4, -0.2) is 67.3 Å². The number of nitrogens with zero attached hydrogens (tertiary/aromatic N) is 1. The number of ether oxygens (including phenoxy) is 2. The number of benzene rings is 2. The number of halogens is 2. The molecule has 3 unspecified atom stereocenters. The summed E-state index contributed by atoms with van der Waals surface area (Å²) >= 11 is 0. The predicted molar refractivity (Wildman–Crippen MR) is 143 cm³/mol. The van der Waals surface area contributed by atoms with Crippen LogP contribution in [0.25, 0.3) is 0 Å². The fourth-order valence-corrected chi connectivity index (χ4v) is 5.63. The van der Waals surface area contributed by atoms with Crippen LogP contribution >= 0.6 is 0 Å². The van der Waals surface area contributed by atoms with E-state index in [4.69, 9.17) is 9.47 Å². The molecule has 0 aliphatic carbocycles. The van der Waals surface area contributed by atoms with Gasteiger partial charge in [-0.2, -0.15) is 0 Å². The van der Waals surface area contributed by atoms with Crippen molar-refractivity contribution in [3.8, 4) is 0 Å². The third-order valence-corrected chi connectivity index (χ3v) is 7.62. The van der Waals surface area contributed by atoms with Gasteiger partial charge in [-0.25, -0.2) is 13.6 Å². The highest BCUT2D eigenvalue weighted by Gasteiger charge is 2.58. The van der Waals surface area contributed by atoms with Gasteiger partial charge in [0, 0.05) is 12.1 Å². The van der Waals surface area contributed by atoms with Gasteiger partial charge in [0.2, 0.25) is 0 Å². The Balaban J connectivity index is 1.54. The van der Waals surface area contributed by atoms with Crippen LogP contribution in [0.3, 0.4) is 0 Å². The first-order valence-corrected chi connectivity index (χ1v) is 13.3. The molecule has 0 spiro atoms. The first-order chi connectivity index (χ1) is 18.8. The quantitative estimate of drug-likeness (QED) is 0.375. The summed E-state index contributed by atoms with van der Waals surface area (Å²) in [7, 11) is 2.04. The molecular formula is C30H33F2N3O4. The number of fused-ring (bicyclic) bond motifs is 2. The van der Waals surface area contributed by atoms with E-state index in [0.29, 0.717) is 6.42 Å². The first-order valence-electron chi connectivity index (χ1n) is 13.3. The van der Waals surface area contributed by atoms with E-state index in [1.54, 1.807) is 19.1 Å². The fourth-order valence-electron chi connectivity index (χ4n) is 5.63. The van der Waals surface area contributed by atoms with Gasteiger partial charge in [0.1, 0.15) is 23.3 Å². The summed E-state index contributed by atoms with van der Waals surface area (Å²) in [5.41, 5.74) is -0.125. The molecule has 2 aromatic carbocycles. The van der Waals surface area contributed by atoms with Crippen molar-refractivity contribution in [1.29, 1.82) is 0 Å². The van der Waals surface area contributed by atoms with Crippen molar-refractivity contribution in [3.63, 3.8) is 0 Å². The first kappa shape index (κ1) is 27.0. The third kappa shape index (κ3) is 5.46. The highest BCUT2D eigenvalue weighted by Crippen LogP contribution is 2.47. The summed E-state index contributed by atoms with van der Waals surface area (Å²) in [4.78, 5) is 29.3. The maximum absolute atomic E-state index is 14.8. The van der Waals surface area contributed by atoms with Crippen LogP contribution in [0.5, 0.6) is 0 Å². The van der Waals surface area contributed by atoms with Crippen LogP contribution in [0.4, 0.5) is 14.5 Å². The average Bonchev–Trinajstić information content (AvgIpc) is 3.50. The van der Waals surface area contributed by atoms with Crippen molar-refractivity contribution in [2.24, 2.45) is 0 Å². The van der Waals surface area contributed by atoms with E-state index in [0.717, 1.165) is 43.6 Å². The summed E-state index contributed by atoms with van der Waals surface area (Å²) in [5.74, 6) is -2.50. The van der Waals surface area contributed by atoms with E-state index >= 15 is 0 Å². The summed E-state index contributed by atoms with van der Waals surface area (Å²) in [6, 6.07) is 12.0. The number of esters is 1. The Bertz CT molecular complexity index is 1290. The Hall–Kier alpha value is -3.56. The molecule has 3 aliphatic heterocycles. The lowest BCUT2D eigenvalue weighted by Crippen LogP contribution is -2.50. The lowest BCUT2D eigenvalue weighted by atomic mass is 9.78. The summed E-state index contributed by atoms with van der Waals surface area (Å²) < 4.78 is 40.3. The Kier molecular flexibility index (Phi) is 7.81. The number of amides is 1. The number of rotatable bonds is 9. The zero-order chi connectivity index (χ0) is 27.6. The average molecular weight is 538 g/mol. The van der Waals surface area contributed by atoms with Crippen molar-refractivity contribution in [2.45, 2.75) is 50.0 Å². The second-order valence-electron chi connectivity index (χ2n) is 10.3. The minimum Gasteiger partial charge on any atom is -0.463 e. The van der Waals surface area contributed by atoms with Gasteiger partial charge in [0.25, 0.3) is 5.91 Å². The van der Waals surface area contributed by atoms with Crippen LogP contribution in [-0.2, 0) is 25.5 Å². The molecule has 2 bridgehead atoms. The van der Waals surface area contributed by atoms with Gasteiger partial charge in [-0.1, -0.05) is 36.4 Å². The van der Waals surface area contributed by atoms with E-state index in [-0.39, 0.29) is 35.4 Å². The van der Waals surface area contributed by atoms with E-state index in [2.05, 4.69) is 15.5 Å². The molecule has 2 N–H and O–H groups in total. The Morgan fingerprint density at radius 2 is 1.90 bits per heavy atom. The lowest BCUT2D eigenvalue weighted by Gasteiger charge is -2.36. The van der Waals surface area contributed by atoms with E-state index in [1.165, 1.54) is 6.07 Å². The van der Waals surface area contributed by atoms with E-state index in [1.807, 2.05) is 37.4 Å². The molecule has 0 radical (unpaired) electrons. The Morgan fingerprint density at radius 3 is 2.59 bits per heavy atom. The molecule has 7 nitrogen and oxygen atoms in total. The van der Waals surface area contributed by atoms with Crippen LogP contribution in [0.2, 0.25) is 0 Å². The molecule has 206 valence electrons. The lowest BCUT2D eigenvalue weighted by molar-refractivity contribution is -0.140. The topological polar surface area (TPSA) is 79.9 Å². The van der Waals surface area contributed by atoms with Gasteiger partial charge < -0.3 is 25.0 Å². The molecule has 0 aromatic heterocycles. The molecule has 3 aliphatic rings. The second-order valence-corrected chi connectivity index (χ2v) is 10.3. The molecule has 1 saturated heterocycles. The van der Waals surface area contributed by atoms with Crippen molar-refractivity contribution < 1.29 is 27.8 Å². The third-order valence-electron chi connectivity index (χ3n) is 7.62. The van der Waals surface area contributed by atoms with Gasteiger partial charge in [-0.3, -0.25) is 4.79 Å². The molecule has 2 aromatic rings. The number of carbonyl (C=O) groups is 2. The van der Waals surface area contributed by atoms with Crippen molar-refractivity contribution >= 4 is 17.6 Å². The standard InChI is InChI=1S/C30H33F2N3O4/c1-3-38-29(37)27-26(28(36)33-21-12-15-35(2)16-13-21)24-11-14-30(27,39-24)25(17-19-7-5-4-6-8-19)34-23-10-9-20(31)18-22(23)32/h4-11,14,18,21,24-25,34H,3,12-13,15-17H2,1-2H3,(H,33,36). The monoisotopic (exact) mass is 537 g/mol. The number of carbonyl (C=O) groups excluding carboxylic acids is 2. The number of nitrogens with one attached hydrogen (secondary N) is 2. The normalized spacial score (nSPS) is 23.6. The molecular weight excluding hydrogens is 504 g/mol. The van der Waals surface area contributed by atoms with E-state index < -0.39 is 35.4 Å². The van der Waals surface area contributed by atoms with Crippen molar-refractivity contribution in [3.05, 3.63) is 89.0 Å². The van der Waals surface area contributed by atoms with Gasteiger partial charge in [0.15, 0.2) is 0 Å². The van der Waals surface area contributed by atoms with Crippen molar-refractivity contribution in [1.82, 2.24) is 10.2 Å². The molecule has 5 rings (SSSR count). The van der Waals surface area contributed by atoms with Crippen LogP contribution in [0, 0.1) is 11.6 Å². The highest BCUT2D eigenvalue weighted by atomic mass is 19.1. The van der Waals surface area contributed by atoms with Gasteiger partial charge in [-0.15, -0.1) is 0 Å². The number of piperidine rings is 1. The number of hydrogen-bond donors (Lipinski definition) is 2. The molecule has 39 heavy (non-hydrogen) atoms. The van der Waals surface area contributed by atoms with Gasteiger partial charge in [0.05, 0.1) is 29.5 Å². The molecule has 9 heteroatoms. The van der Waals surface area contributed by atoms with Gasteiger partial charge >= 0.3 is 5.97 Å². The smallest absolute Gasteiger partial charge is 0.337 e. The molecule has 0 saturated carbocycles. The van der Waals surface area contributed by atoms with Crippen molar-refractivity contribution in [2.75, 3.05) is 32.1 Å². The van der Waals surface area contributed by atoms with Crippen LogP contribution in [0.15, 0.2) is 71.8 Å². The second kappa shape index (κ2) is 11.3. The minimum absolute atomic E-state index is 0.0183. The van der Waals surface area contributed by atoms with Gasteiger partial charge in [-0.05, 0) is 70.1 Å². The number of anilines is 1. The zero-order valence-electron chi connectivity index (χ0n) is 22.1. The number of likely N-dealkylation sites (tertiary alicyclic amines) is 1. The summed E-state index contributed by atoms with van der Waals surface area (Å²) in [6.07, 6.45) is 4.68. The number of hydrogen-bond acceptors (Lipinski definition) is 6. The SMILES string of the molecule is CCOC(=O)C1=C(C(=O)NC2CCN(C)CC2)C2C=CC1(C(Cc1ccccc1)Nc1ccc(F)cc1F)O2. The fraction of sp³-hybridized carbons (Fsp3) is 0.400. The van der Waals surface area contributed by atoms with E-state index in [9.17, 15) is 18.4 Å². The predicted octanol–water partition coefficient (Wildman–Crippen LogP) is 3.77. The molecule has 1 fully saturated rings. The molecule has 3 heterocycles. The maximum Gasteiger partial charge on any atom is 0.337 e. The highest BCUT2D eigenvalue weighted by molar-refractivity contribution is 6.07. The molecule has 1 amide bonds. The summed E-state index contributed by atoms with van der Waals surface area (Å²) in [5, 5.41) is 6.26.